The Morgan fingerprint density at radius 3 is 2.55 bits per heavy atom. The van der Waals surface area contributed by atoms with E-state index in [2.05, 4.69) is 10.6 Å². The van der Waals surface area contributed by atoms with Gasteiger partial charge >= 0.3 is 0 Å². The first-order valence-corrected chi connectivity index (χ1v) is 6.39. The monoisotopic (exact) mass is 300 g/mol. The van der Waals surface area contributed by atoms with E-state index in [9.17, 15) is 4.79 Å². The predicted octanol–water partition coefficient (Wildman–Crippen LogP) is 1.92. The van der Waals surface area contributed by atoms with Crippen LogP contribution in [0.25, 0.3) is 0 Å². The van der Waals surface area contributed by atoms with Crippen molar-refractivity contribution in [2.24, 2.45) is 11.8 Å². The minimum atomic E-state index is -0.00643. The van der Waals surface area contributed by atoms with Crippen molar-refractivity contribution in [2.75, 3.05) is 32.6 Å². The lowest BCUT2D eigenvalue weighted by Gasteiger charge is -2.31. The Labute approximate surface area is 125 Å². The topological polar surface area (TPSA) is 59.6 Å². The highest BCUT2D eigenvalue weighted by atomic mass is 35.5. The summed E-state index contributed by atoms with van der Waals surface area (Å²) < 4.78 is 10.4. The molecule has 0 saturated carbocycles. The van der Waals surface area contributed by atoms with E-state index in [0.29, 0.717) is 23.1 Å². The van der Waals surface area contributed by atoms with Gasteiger partial charge in [-0.1, -0.05) is 6.92 Å². The molecule has 1 aromatic rings. The van der Waals surface area contributed by atoms with Crippen molar-refractivity contribution in [1.29, 1.82) is 0 Å². The number of carbonyl (C=O) groups excluding carboxylic acids is 1. The molecule has 1 fully saturated rings. The molecule has 1 saturated heterocycles. The molecule has 1 unspecified atom stereocenters. The number of halogens is 1. The minimum absolute atomic E-state index is 0. The van der Waals surface area contributed by atoms with Crippen molar-refractivity contribution >= 4 is 24.0 Å². The van der Waals surface area contributed by atoms with Crippen LogP contribution in [-0.2, 0) is 4.79 Å². The Morgan fingerprint density at radius 1 is 1.35 bits per heavy atom. The fourth-order valence-electron chi connectivity index (χ4n) is 2.03. The number of ether oxygens (including phenoxy) is 2. The lowest BCUT2D eigenvalue weighted by Crippen LogP contribution is -2.48. The average Bonchev–Trinajstić information content (AvgIpc) is 2.37. The number of methoxy groups -OCH3 is 2. The molecule has 20 heavy (non-hydrogen) atoms. The van der Waals surface area contributed by atoms with Crippen molar-refractivity contribution in [3.05, 3.63) is 18.2 Å². The van der Waals surface area contributed by atoms with Crippen LogP contribution in [0.5, 0.6) is 11.5 Å². The second-order valence-electron chi connectivity index (χ2n) is 4.76. The smallest absolute Gasteiger partial charge is 0.227 e. The van der Waals surface area contributed by atoms with Crippen LogP contribution >= 0.6 is 12.4 Å². The SMILES string of the molecule is COc1ccc(NC(=O)C(C)C2CNC2)c(OC)c1.Cl. The molecule has 0 aromatic heterocycles. The lowest BCUT2D eigenvalue weighted by atomic mass is 9.88. The first-order chi connectivity index (χ1) is 9.15. The Morgan fingerprint density at radius 2 is 2.05 bits per heavy atom. The molecule has 2 N–H and O–H groups in total. The third kappa shape index (κ3) is 3.55. The quantitative estimate of drug-likeness (QED) is 0.872. The molecule has 1 aliphatic heterocycles. The number of hydrogen-bond acceptors (Lipinski definition) is 4. The molecule has 5 nitrogen and oxygen atoms in total. The van der Waals surface area contributed by atoms with Crippen LogP contribution in [0.4, 0.5) is 5.69 Å². The molecule has 1 aliphatic rings. The van der Waals surface area contributed by atoms with E-state index in [0.717, 1.165) is 13.1 Å². The number of rotatable bonds is 5. The van der Waals surface area contributed by atoms with E-state index in [-0.39, 0.29) is 24.2 Å². The van der Waals surface area contributed by atoms with Crippen molar-refractivity contribution in [3.63, 3.8) is 0 Å². The van der Waals surface area contributed by atoms with Crippen LogP contribution in [0.1, 0.15) is 6.92 Å². The van der Waals surface area contributed by atoms with Crippen molar-refractivity contribution in [1.82, 2.24) is 5.32 Å². The van der Waals surface area contributed by atoms with E-state index >= 15 is 0 Å². The predicted molar refractivity (Wildman–Crippen MR) is 80.9 cm³/mol. The van der Waals surface area contributed by atoms with Crippen LogP contribution in [0.3, 0.4) is 0 Å². The van der Waals surface area contributed by atoms with Gasteiger partial charge in [0.2, 0.25) is 5.91 Å². The summed E-state index contributed by atoms with van der Waals surface area (Å²) in [5, 5.41) is 6.09. The summed E-state index contributed by atoms with van der Waals surface area (Å²) in [6, 6.07) is 5.35. The zero-order chi connectivity index (χ0) is 13.8. The first-order valence-electron chi connectivity index (χ1n) is 6.39. The van der Waals surface area contributed by atoms with E-state index in [1.807, 2.05) is 6.92 Å². The molecular formula is C14H21ClN2O3. The van der Waals surface area contributed by atoms with Gasteiger partial charge in [0.05, 0.1) is 19.9 Å². The Balaban J connectivity index is 0.00000200. The number of anilines is 1. The van der Waals surface area contributed by atoms with Crippen molar-refractivity contribution in [2.45, 2.75) is 6.92 Å². The first kappa shape index (κ1) is 16.6. The second-order valence-corrected chi connectivity index (χ2v) is 4.76. The van der Waals surface area contributed by atoms with Crippen LogP contribution in [0.15, 0.2) is 18.2 Å². The second kappa shape index (κ2) is 7.36. The summed E-state index contributed by atoms with van der Waals surface area (Å²) in [6.45, 7) is 3.78. The molecule has 1 aromatic carbocycles. The molecule has 6 heteroatoms. The molecule has 112 valence electrons. The number of amides is 1. The molecule has 0 radical (unpaired) electrons. The van der Waals surface area contributed by atoms with E-state index in [1.165, 1.54) is 0 Å². The summed E-state index contributed by atoms with van der Waals surface area (Å²) in [6.07, 6.45) is 0. The van der Waals surface area contributed by atoms with Gasteiger partial charge < -0.3 is 20.1 Å². The molecule has 0 spiro atoms. The third-order valence-electron chi connectivity index (χ3n) is 3.60. The summed E-state index contributed by atoms with van der Waals surface area (Å²) >= 11 is 0. The molecule has 0 bridgehead atoms. The van der Waals surface area contributed by atoms with Crippen LogP contribution in [-0.4, -0.2) is 33.2 Å². The summed E-state index contributed by atoms with van der Waals surface area (Å²) in [5.74, 6) is 1.74. The maximum Gasteiger partial charge on any atom is 0.227 e. The Bertz CT molecular complexity index is 464. The summed E-state index contributed by atoms with van der Waals surface area (Å²) in [7, 11) is 3.17. The van der Waals surface area contributed by atoms with Gasteiger partial charge in [-0.3, -0.25) is 4.79 Å². The Kier molecular flexibility index (Phi) is 6.10. The van der Waals surface area contributed by atoms with Gasteiger partial charge in [0.15, 0.2) is 0 Å². The fraction of sp³-hybridized carbons (Fsp3) is 0.500. The molecule has 1 amide bonds. The number of nitrogens with one attached hydrogen (secondary N) is 2. The van der Waals surface area contributed by atoms with Gasteiger partial charge in [-0.05, 0) is 31.1 Å². The molecule has 2 rings (SSSR count). The van der Waals surface area contributed by atoms with Gasteiger partial charge in [-0.2, -0.15) is 0 Å². The zero-order valence-electron chi connectivity index (χ0n) is 11.9. The van der Waals surface area contributed by atoms with E-state index < -0.39 is 0 Å². The van der Waals surface area contributed by atoms with Gasteiger partial charge in [0.25, 0.3) is 0 Å². The van der Waals surface area contributed by atoms with Crippen LogP contribution in [0.2, 0.25) is 0 Å². The standard InChI is InChI=1S/C14H20N2O3.ClH/c1-9(10-7-15-8-10)14(17)16-12-5-4-11(18-2)6-13(12)19-3;/h4-6,9-10,15H,7-8H2,1-3H3,(H,16,17);1H. The van der Waals surface area contributed by atoms with E-state index in [4.69, 9.17) is 9.47 Å². The van der Waals surface area contributed by atoms with Crippen LogP contribution < -0.4 is 20.1 Å². The third-order valence-corrected chi connectivity index (χ3v) is 3.60. The lowest BCUT2D eigenvalue weighted by molar-refractivity contribution is -0.121. The van der Waals surface area contributed by atoms with Gasteiger partial charge in [-0.15, -0.1) is 12.4 Å². The molecule has 0 aliphatic carbocycles. The van der Waals surface area contributed by atoms with E-state index in [1.54, 1.807) is 32.4 Å². The van der Waals surface area contributed by atoms with Crippen molar-refractivity contribution in [3.8, 4) is 11.5 Å². The fourth-order valence-corrected chi connectivity index (χ4v) is 2.03. The van der Waals surface area contributed by atoms with Gasteiger partial charge in [-0.25, -0.2) is 0 Å². The average molecular weight is 301 g/mol. The maximum absolute atomic E-state index is 12.1. The summed E-state index contributed by atoms with van der Waals surface area (Å²) in [4.78, 5) is 12.1. The van der Waals surface area contributed by atoms with Crippen molar-refractivity contribution < 1.29 is 14.3 Å². The highest BCUT2D eigenvalue weighted by Crippen LogP contribution is 2.30. The molecule has 1 heterocycles. The minimum Gasteiger partial charge on any atom is -0.497 e. The number of benzene rings is 1. The molecule has 1 atom stereocenters. The van der Waals surface area contributed by atoms with Gasteiger partial charge in [0, 0.05) is 12.0 Å². The van der Waals surface area contributed by atoms with Gasteiger partial charge in [0.1, 0.15) is 11.5 Å². The van der Waals surface area contributed by atoms with Crippen LogP contribution in [0, 0.1) is 11.8 Å². The highest BCUT2D eigenvalue weighted by molar-refractivity contribution is 5.94. The maximum atomic E-state index is 12.1. The number of hydrogen-bond donors (Lipinski definition) is 2. The highest BCUT2D eigenvalue weighted by Gasteiger charge is 2.29. The number of carbonyl (C=O) groups is 1. The normalized spacial score (nSPS) is 15.6. The zero-order valence-corrected chi connectivity index (χ0v) is 12.8. The molecular weight excluding hydrogens is 280 g/mol. The summed E-state index contributed by atoms with van der Waals surface area (Å²) in [5.41, 5.74) is 0.674. The Hall–Kier alpha value is -1.46. The largest absolute Gasteiger partial charge is 0.497 e.